The minimum Gasteiger partial charge on any atom is -0.489 e. The molecule has 1 unspecified atom stereocenters. The zero-order chi connectivity index (χ0) is 18.3. The molecule has 3 N–H and O–H groups in total. The van der Waals surface area contributed by atoms with E-state index in [0.717, 1.165) is 43.4 Å². The fraction of sp³-hybridized carbons (Fsp3) is 0.571. The van der Waals surface area contributed by atoms with Crippen molar-refractivity contribution in [3.05, 3.63) is 39.8 Å². The summed E-state index contributed by atoms with van der Waals surface area (Å²) in [6, 6.07) is 5.76. The average Bonchev–Trinajstić information content (AvgIpc) is 3.49. The van der Waals surface area contributed by atoms with E-state index in [9.17, 15) is 4.79 Å². The van der Waals surface area contributed by atoms with Gasteiger partial charge in [-0.2, -0.15) is 0 Å². The van der Waals surface area contributed by atoms with Crippen LogP contribution in [0.3, 0.4) is 0 Å². The maximum Gasteiger partial charge on any atom is 0.255 e. The summed E-state index contributed by atoms with van der Waals surface area (Å²) < 4.78 is 6.26. The quantitative estimate of drug-likeness (QED) is 0.801. The maximum absolute atomic E-state index is 11.9. The highest BCUT2D eigenvalue weighted by Crippen LogP contribution is 2.56. The Kier molecular flexibility index (Phi) is 4.74. The molecule has 0 amide bonds. The van der Waals surface area contributed by atoms with Crippen LogP contribution in [0.25, 0.3) is 10.8 Å². The molecule has 0 aliphatic heterocycles. The van der Waals surface area contributed by atoms with Crippen LogP contribution in [0.4, 0.5) is 0 Å². The number of nitrogens with one attached hydrogen (secondary N) is 1. The lowest BCUT2D eigenvalue weighted by Crippen LogP contribution is -2.47. The Labute approximate surface area is 159 Å². The van der Waals surface area contributed by atoms with Crippen molar-refractivity contribution < 1.29 is 4.74 Å². The number of H-pyrrole nitrogens is 1. The van der Waals surface area contributed by atoms with Gasteiger partial charge in [-0.05, 0) is 79.9 Å². The third-order valence-electron chi connectivity index (χ3n) is 6.55. The Bertz CT molecular complexity index is 851. The summed E-state index contributed by atoms with van der Waals surface area (Å²) in [6.45, 7) is 2.20. The van der Waals surface area contributed by atoms with Crippen LogP contribution in [0.15, 0.2) is 29.2 Å². The molecule has 26 heavy (non-hydrogen) atoms. The van der Waals surface area contributed by atoms with Crippen molar-refractivity contribution >= 4 is 22.4 Å². The Morgan fingerprint density at radius 2 is 2.04 bits per heavy atom. The minimum atomic E-state index is -0.128. The Hall–Kier alpha value is -1.52. The smallest absolute Gasteiger partial charge is 0.255 e. The monoisotopic (exact) mass is 374 g/mol. The molecular formula is C21H27ClN2O2. The molecule has 1 aromatic heterocycles. The normalized spacial score (nSPS) is 27.4. The van der Waals surface area contributed by atoms with Gasteiger partial charge in [-0.15, -0.1) is 0 Å². The van der Waals surface area contributed by atoms with Crippen LogP contribution in [0.1, 0.15) is 51.9 Å². The number of fused-ring (bicyclic) bond motifs is 1. The van der Waals surface area contributed by atoms with Gasteiger partial charge in [-0.25, -0.2) is 0 Å². The highest BCUT2D eigenvalue weighted by atomic mass is 35.5. The number of ether oxygens (including phenoxy) is 1. The topological polar surface area (TPSA) is 68.1 Å². The first-order chi connectivity index (χ1) is 12.5. The number of aromatic nitrogens is 1. The second kappa shape index (κ2) is 6.90. The third kappa shape index (κ3) is 3.14. The van der Waals surface area contributed by atoms with E-state index in [2.05, 4.69) is 11.9 Å². The van der Waals surface area contributed by atoms with Crippen molar-refractivity contribution in [1.82, 2.24) is 4.98 Å². The lowest BCUT2D eigenvalue weighted by Gasteiger charge is -2.44. The summed E-state index contributed by atoms with van der Waals surface area (Å²) in [6.07, 6.45) is 9.87. The van der Waals surface area contributed by atoms with Crippen LogP contribution < -0.4 is 16.0 Å². The number of hydrogen-bond donors (Lipinski definition) is 2. The Morgan fingerprint density at radius 3 is 2.69 bits per heavy atom. The van der Waals surface area contributed by atoms with Crippen molar-refractivity contribution in [3.63, 3.8) is 0 Å². The highest BCUT2D eigenvalue weighted by molar-refractivity contribution is 6.32. The second-order valence-corrected chi connectivity index (χ2v) is 8.42. The molecule has 0 bridgehead atoms. The van der Waals surface area contributed by atoms with Crippen LogP contribution in [0.5, 0.6) is 5.75 Å². The van der Waals surface area contributed by atoms with Gasteiger partial charge in [0.2, 0.25) is 0 Å². The Balaban J connectivity index is 1.50. The summed E-state index contributed by atoms with van der Waals surface area (Å²) in [5.41, 5.74) is 6.71. The summed E-state index contributed by atoms with van der Waals surface area (Å²) in [5, 5.41) is 1.94. The zero-order valence-electron chi connectivity index (χ0n) is 15.3. The first-order valence-electron chi connectivity index (χ1n) is 9.76. The van der Waals surface area contributed by atoms with Gasteiger partial charge in [0.05, 0.1) is 11.1 Å². The molecule has 4 rings (SSSR count). The number of benzene rings is 1. The molecule has 0 saturated heterocycles. The Morgan fingerprint density at radius 1 is 1.31 bits per heavy atom. The molecule has 1 heterocycles. The molecule has 1 aromatic carbocycles. The average molecular weight is 375 g/mol. The van der Waals surface area contributed by atoms with Gasteiger partial charge in [0.15, 0.2) is 0 Å². The molecule has 1 atom stereocenters. The van der Waals surface area contributed by atoms with Crippen molar-refractivity contribution in [3.8, 4) is 5.75 Å². The van der Waals surface area contributed by atoms with E-state index < -0.39 is 0 Å². The van der Waals surface area contributed by atoms with Crippen molar-refractivity contribution in [2.24, 2.45) is 17.1 Å². The molecular weight excluding hydrogens is 348 g/mol. The van der Waals surface area contributed by atoms with E-state index in [4.69, 9.17) is 22.1 Å². The van der Waals surface area contributed by atoms with Gasteiger partial charge >= 0.3 is 0 Å². The summed E-state index contributed by atoms with van der Waals surface area (Å²) >= 11 is 6.39. The van der Waals surface area contributed by atoms with E-state index >= 15 is 0 Å². The molecule has 2 aliphatic carbocycles. The van der Waals surface area contributed by atoms with Crippen LogP contribution in [0, 0.1) is 11.3 Å². The predicted molar refractivity (Wildman–Crippen MR) is 106 cm³/mol. The van der Waals surface area contributed by atoms with Crippen molar-refractivity contribution in [1.29, 1.82) is 0 Å². The van der Waals surface area contributed by atoms with Gasteiger partial charge < -0.3 is 15.5 Å². The first kappa shape index (κ1) is 17.9. The van der Waals surface area contributed by atoms with Crippen LogP contribution >= 0.6 is 11.6 Å². The molecule has 2 saturated carbocycles. The SMILES string of the molecule is CCC(N)[C@]1(C2CC2)CC[C@H](Oc2cc3cc[nH]c(=O)c3cc2Cl)CC1. The van der Waals surface area contributed by atoms with Crippen molar-refractivity contribution in [2.75, 3.05) is 0 Å². The summed E-state index contributed by atoms with van der Waals surface area (Å²) in [5.74, 6) is 1.49. The van der Waals surface area contributed by atoms with E-state index in [1.165, 1.54) is 12.8 Å². The molecule has 2 fully saturated rings. The maximum atomic E-state index is 11.9. The largest absolute Gasteiger partial charge is 0.489 e. The molecule has 0 radical (unpaired) electrons. The minimum absolute atomic E-state index is 0.128. The van der Waals surface area contributed by atoms with Crippen LogP contribution in [-0.2, 0) is 0 Å². The molecule has 140 valence electrons. The molecule has 2 aromatic rings. The van der Waals surface area contributed by atoms with E-state index in [-0.39, 0.29) is 11.7 Å². The van der Waals surface area contributed by atoms with E-state index in [0.29, 0.717) is 27.6 Å². The summed E-state index contributed by atoms with van der Waals surface area (Å²) in [7, 11) is 0. The molecule has 4 nitrogen and oxygen atoms in total. The van der Waals surface area contributed by atoms with Gasteiger partial charge in [0.25, 0.3) is 5.56 Å². The lowest BCUT2D eigenvalue weighted by molar-refractivity contribution is 0.0435. The number of hydrogen-bond acceptors (Lipinski definition) is 3. The first-order valence-corrected chi connectivity index (χ1v) is 10.1. The molecule has 2 aliphatic rings. The molecule has 5 heteroatoms. The fourth-order valence-corrected chi connectivity index (χ4v) is 5.06. The van der Waals surface area contributed by atoms with Crippen molar-refractivity contribution in [2.45, 2.75) is 64.0 Å². The van der Waals surface area contributed by atoms with Crippen LogP contribution in [0.2, 0.25) is 5.02 Å². The molecule has 0 spiro atoms. The number of aromatic amines is 1. The van der Waals surface area contributed by atoms with E-state index in [1.54, 1.807) is 12.3 Å². The van der Waals surface area contributed by atoms with Gasteiger partial charge in [-0.3, -0.25) is 4.79 Å². The van der Waals surface area contributed by atoms with Gasteiger partial charge in [0.1, 0.15) is 5.75 Å². The highest BCUT2D eigenvalue weighted by Gasteiger charge is 2.50. The number of halogens is 1. The third-order valence-corrected chi connectivity index (χ3v) is 6.85. The zero-order valence-corrected chi connectivity index (χ0v) is 16.0. The summed E-state index contributed by atoms with van der Waals surface area (Å²) in [4.78, 5) is 14.6. The second-order valence-electron chi connectivity index (χ2n) is 8.02. The van der Waals surface area contributed by atoms with Gasteiger partial charge in [0, 0.05) is 17.6 Å². The van der Waals surface area contributed by atoms with Gasteiger partial charge in [-0.1, -0.05) is 18.5 Å². The van der Waals surface area contributed by atoms with E-state index in [1.807, 2.05) is 12.1 Å². The van der Waals surface area contributed by atoms with Crippen LogP contribution in [-0.4, -0.2) is 17.1 Å². The fourth-order valence-electron chi connectivity index (χ4n) is 4.85. The number of nitrogens with two attached hydrogens (primary N) is 1. The number of rotatable bonds is 5. The standard InChI is InChI=1S/C21H27ClN2O2/c1-2-19(23)21(14-3-4-14)8-5-15(6-9-21)26-18-11-13-7-10-24-20(25)16(13)12-17(18)22/h7,10-12,14-15,19H,2-6,8-9,23H2,1H3,(H,24,25)/t15-,19?,21+. The number of pyridine rings is 1. The predicted octanol–water partition coefficient (Wildman–Crippen LogP) is 4.64. The lowest BCUT2D eigenvalue weighted by atomic mass is 9.64.